The largest absolute Gasteiger partial charge is 0.455 e. The van der Waals surface area contributed by atoms with E-state index in [-0.39, 0.29) is 11.6 Å². The van der Waals surface area contributed by atoms with Crippen molar-refractivity contribution in [2.24, 2.45) is 5.10 Å². The van der Waals surface area contributed by atoms with E-state index in [0.29, 0.717) is 22.6 Å². The van der Waals surface area contributed by atoms with E-state index in [2.05, 4.69) is 10.5 Å². The van der Waals surface area contributed by atoms with Crippen LogP contribution < -0.4 is 5.43 Å². The second-order valence-electron chi connectivity index (χ2n) is 5.49. The highest BCUT2D eigenvalue weighted by Gasteiger charge is 2.16. The minimum atomic E-state index is -0.464. The molecule has 0 saturated heterocycles. The summed E-state index contributed by atoms with van der Waals surface area (Å²) in [4.78, 5) is 22.7. The summed E-state index contributed by atoms with van der Waals surface area (Å²) in [6.07, 6.45) is 1.34. The van der Waals surface area contributed by atoms with Crippen molar-refractivity contribution in [2.75, 3.05) is 0 Å². The molecule has 0 spiro atoms. The predicted molar refractivity (Wildman–Crippen MR) is 97.0 cm³/mol. The fourth-order valence-corrected chi connectivity index (χ4v) is 2.45. The normalized spacial score (nSPS) is 10.8. The van der Waals surface area contributed by atoms with Crippen LogP contribution in [-0.4, -0.2) is 17.0 Å². The van der Waals surface area contributed by atoms with Gasteiger partial charge in [-0.1, -0.05) is 30.3 Å². The number of furan rings is 1. The number of hydrazone groups is 1. The summed E-state index contributed by atoms with van der Waals surface area (Å²) in [5.74, 6) is 0.386. The molecule has 0 saturated carbocycles. The lowest BCUT2D eigenvalue weighted by Gasteiger charge is -2.02. The number of rotatable bonds is 5. The number of para-hydroxylation sites is 1. The van der Waals surface area contributed by atoms with Crippen molar-refractivity contribution in [1.82, 2.24) is 5.43 Å². The van der Waals surface area contributed by atoms with Gasteiger partial charge in [-0.3, -0.25) is 14.9 Å². The number of benzene rings is 2. The Morgan fingerprint density at radius 2 is 1.85 bits per heavy atom. The summed E-state index contributed by atoms with van der Waals surface area (Å²) in [5.41, 5.74) is 4.14. The van der Waals surface area contributed by atoms with E-state index in [4.69, 9.17) is 4.42 Å². The summed E-state index contributed by atoms with van der Waals surface area (Å²) in [6, 6.07) is 16.7. The van der Waals surface area contributed by atoms with Gasteiger partial charge in [0.1, 0.15) is 11.5 Å². The molecule has 2 aromatic carbocycles. The third kappa shape index (κ3) is 3.67. The molecular weight excluding hydrogens is 334 g/mol. The van der Waals surface area contributed by atoms with Gasteiger partial charge in [-0.2, -0.15) is 5.10 Å². The van der Waals surface area contributed by atoms with E-state index in [0.717, 1.165) is 5.56 Å². The molecule has 130 valence electrons. The standard InChI is InChI=1S/C19H15N3O4/c1-13-6-2-3-7-15(13)19(23)21-20-12-14-10-11-18(26-14)16-8-4-5-9-17(16)22(24)25/h2-12H,1H3,(H,21,23)/b20-12+. The van der Waals surface area contributed by atoms with Crippen molar-refractivity contribution in [3.8, 4) is 11.3 Å². The first-order valence-corrected chi connectivity index (χ1v) is 7.79. The van der Waals surface area contributed by atoms with Crippen LogP contribution in [0.15, 0.2) is 70.2 Å². The number of hydrogen-bond donors (Lipinski definition) is 1. The quantitative estimate of drug-likeness (QED) is 0.429. The molecule has 0 bridgehead atoms. The van der Waals surface area contributed by atoms with Crippen molar-refractivity contribution in [3.63, 3.8) is 0 Å². The molecule has 1 amide bonds. The number of hydrogen-bond acceptors (Lipinski definition) is 5. The molecule has 3 rings (SSSR count). The molecule has 0 aliphatic heterocycles. The molecule has 7 nitrogen and oxygen atoms in total. The topological polar surface area (TPSA) is 97.7 Å². The van der Waals surface area contributed by atoms with Gasteiger partial charge in [0.05, 0.1) is 16.7 Å². The van der Waals surface area contributed by atoms with Gasteiger partial charge in [0.15, 0.2) is 0 Å². The highest BCUT2D eigenvalue weighted by Crippen LogP contribution is 2.30. The lowest BCUT2D eigenvalue weighted by Crippen LogP contribution is -2.18. The van der Waals surface area contributed by atoms with Crippen LogP contribution in [0.4, 0.5) is 5.69 Å². The van der Waals surface area contributed by atoms with Gasteiger partial charge in [0.2, 0.25) is 0 Å². The minimum absolute atomic E-state index is 0.0433. The second-order valence-corrected chi connectivity index (χ2v) is 5.49. The van der Waals surface area contributed by atoms with Gasteiger partial charge in [-0.05, 0) is 36.8 Å². The Morgan fingerprint density at radius 1 is 1.12 bits per heavy atom. The number of carbonyl (C=O) groups excluding carboxylic acids is 1. The zero-order chi connectivity index (χ0) is 18.5. The molecule has 26 heavy (non-hydrogen) atoms. The third-order valence-electron chi connectivity index (χ3n) is 3.74. The Bertz CT molecular complexity index is 992. The highest BCUT2D eigenvalue weighted by atomic mass is 16.6. The monoisotopic (exact) mass is 349 g/mol. The molecule has 0 radical (unpaired) electrons. The maximum Gasteiger partial charge on any atom is 0.280 e. The van der Waals surface area contributed by atoms with Gasteiger partial charge in [0.25, 0.3) is 11.6 Å². The summed E-state index contributed by atoms with van der Waals surface area (Å²) < 4.78 is 5.57. The number of aryl methyl sites for hydroxylation is 1. The zero-order valence-electron chi connectivity index (χ0n) is 13.9. The van der Waals surface area contributed by atoms with Gasteiger partial charge in [0, 0.05) is 11.6 Å². The van der Waals surface area contributed by atoms with Crippen LogP contribution >= 0.6 is 0 Å². The number of nitro groups is 1. The van der Waals surface area contributed by atoms with Gasteiger partial charge in [-0.15, -0.1) is 0 Å². The smallest absolute Gasteiger partial charge is 0.280 e. The molecule has 1 N–H and O–H groups in total. The van der Waals surface area contributed by atoms with E-state index in [9.17, 15) is 14.9 Å². The van der Waals surface area contributed by atoms with Crippen LogP contribution in [0.5, 0.6) is 0 Å². The molecule has 7 heteroatoms. The SMILES string of the molecule is Cc1ccccc1C(=O)N/N=C/c1ccc(-c2ccccc2[N+](=O)[O-])o1. The average molecular weight is 349 g/mol. The van der Waals surface area contributed by atoms with E-state index >= 15 is 0 Å². The molecule has 1 aromatic heterocycles. The van der Waals surface area contributed by atoms with Crippen molar-refractivity contribution < 1.29 is 14.1 Å². The lowest BCUT2D eigenvalue weighted by atomic mass is 10.1. The minimum Gasteiger partial charge on any atom is -0.455 e. The summed E-state index contributed by atoms with van der Waals surface area (Å²) >= 11 is 0. The molecule has 3 aromatic rings. The Labute approximate surface area is 149 Å². The van der Waals surface area contributed by atoms with Crippen molar-refractivity contribution >= 4 is 17.8 Å². The Kier molecular flexibility index (Phi) is 4.89. The maximum atomic E-state index is 12.1. The zero-order valence-corrected chi connectivity index (χ0v) is 13.9. The summed E-state index contributed by atoms with van der Waals surface area (Å²) in [5, 5.41) is 15.0. The van der Waals surface area contributed by atoms with Crippen LogP contribution in [0.1, 0.15) is 21.7 Å². The van der Waals surface area contributed by atoms with Crippen molar-refractivity contribution in [2.45, 2.75) is 6.92 Å². The Balaban J connectivity index is 1.73. The van der Waals surface area contributed by atoms with Crippen LogP contribution in [0.3, 0.4) is 0 Å². The molecule has 0 fully saturated rings. The van der Waals surface area contributed by atoms with Gasteiger partial charge >= 0.3 is 0 Å². The average Bonchev–Trinajstić information content (AvgIpc) is 3.10. The summed E-state index contributed by atoms with van der Waals surface area (Å²) in [6.45, 7) is 1.84. The Morgan fingerprint density at radius 3 is 2.62 bits per heavy atom. The highest BCUT2D eigenvalue weighted by molar-refractivity contribution is 5.96. The van der Waals surface area contributed by atoms with Gasteiger partial charge in [-0.25, -0.2) is 5.43 Å². The van der Waals surface area contributed by atoms with E-state index in [1.807, 2.05) is 19.1 Å². The van der Waals surface area contributed by atoms with Crippen LogP contribution in [0.25, 0.3) is 11.3 Å². The fraction of sp³-hybridized carbons (Fsp3) is 0.0526. The van der Waals surface area contributed by atoms with Crippen LogP contribution in [0, 0.1) is 17.0 Å². The molecule has 0 aliphatic rings. The van der Waals surface area contributed by atoms with Crippen LogP contribution in [-0.2, 0) is 0 Å². The fourth-order valence-electron chi connectivity index (χ4n) is 2.45. The summed E-state index contributed by atoms with van der Waals surface area (Å²) in [7, 11) is 0. The number of amides is 1. The maximum absolute atomic E-state index is 12.1. The second kappa shape index (κ2) is 7.43. The molecule has 0 unspecified atom stereocenters. The molecule has 0 atom stereocenters. The molecule has 1 heterocycles. The Hall–Kier alpha value is -3.74. The molecule has 0 aliphatic carbocycles. The van der Waals surface area contributed by atoms with E-state index < -0.39 is 4.92 Å². The number of nitrogens with one attached hydrogen (secondary N) is 1. The van der Waals surface area contributed by atoms with Gasteiger partial charge < -0.3 is 4.42 Å². The van der Waals surface area contributed by atoms with Crippen LogP contribution in [0.2, 0.25) is 0 Å². The lowest BCUT2D eigenvalue weighted by molar-refractivity contribution is -0.384. The number of carbonyl (C=O) groups is 1. The van der Waals surface area contributed by atoms with Crippen molar-refractivity contribution in [3.05, 3.63) is 87.7 Å². The molecular formula is C19H15N3O4. The third-order valence-corrected chi connectivity index (χ3v) is 3.74. The number of nitro benzene ring substituents is 1. The predicted octanol–water partition coefficient (Wildman–Crippen LogP) is 3.93. The first-order chi connectivity index (χ1) is 12.6. The number of nitrogens with zero attached hydrogens (tertiary/aromatic N) is 2. The first-order valence-electron chi connectivity index (χ1n) is 7.79. The van der Waals surface area contributed by atoms with E-state index in [1.165, 1.54) is 12.3 Å². The van der Waals surface area contributed by atoms with Crippen molar-refractivity contribution in [1.29, 1.82) is 0 Å². The van der Waals surface area contributed by atoms with E-state index in [1.54, 1.807) is 42.5 Å². The first kappa shape index (κ1) is 17.1.